The number of para-hydroxylation sites is 1. The molecule has 1 unspecified atom stereocenters. The van der Waals surface area contributed by atoms with Crippen LogP contribution >= 0.6 is 15.9 Å². The van der Waals surface area contributed by atoms with E-state index in [1.54, 1.807) is 10.9 Å². The molecule has 2 aliphatic heterocycles. The number of nitrogens with zero attached hydrogens (tertiary/aromatic N) is 3. The zero-order valence-electron chi connectivity index (χ0n) is 13.1. The molecular weight excluding hydrogens is 372 g/mol. The van der Waals surface area contributed by atoms with Crippen molar-refractivity contribution in [1.82, 2.24) is 15.1 Å². The first-order chi connectivity index (χ1) is 11.6. The summed E-state index contributed by atoms with van der Waals surface area (Å²) in [7, 11) is 0. The predicted molar refractivity (Wildman–Crippen MR) is 96.3 cm³/mol. The highest BCUT2D eigenvalue weighted by atomic mass is 79.9. The smallest absolute Gasteiger partial charge is 0.227 e. The van der Waals surface area contributed by atoms with Crippen LogP contribution in [-0.4, -0.2) is 34.6 Å². The van der Waals surface area contributed by atoms with Gasteiger partial charge in [-0.05, 0) is 34.8 Å². The molecule has 126 valence electrons. The summed E-state index contributed by atoms with van der Waals surface area (Å²) in [6.07, 6.45) is 3.49. The van der Waals surface area contributed by atoms with E-state index in [2.05, 4.69) is 26.3 Å². The van der Waals surface area contributed by atoms with E-state index in [0.29, 0.717) is 29.5 Å². The SMILES string of the molecule is NC1=C(Br)C(N)(C2CCOCC2)N=C(n2ncc3ccccc32)N1. The quantitative estimate of drug-likeness (QED) is 0.683. The molecule has 1 fully saturated rings. The highest BCUT2D eigenvalue weighted by molar-refractivity contribution is 9.11. The fraction of sp³-hybridized carbons (Fsp3) is 0.375. The minimum atomic E-state index is -0.915. The van der Waals surface area contributed by atoms with E-state index in [1.165, 1.54) is 0 Å². The molecule has 1 atom stereocenters. The van der Waals surface area contributed by atoms with E-state index in [4.69, 9.17) is 21.2 Å². The van der Waals surface area contributed by atoms with E-state index in [1.807, 2.05) is 24.3 Å². The van der Waals surface area contributed by atoms with Crippen LogP contribution < -0.4 is 16.8 Å². The minimum Gasteiger partial charge on any atom is -0.384 e. The lowest BCUT2D eigenvalue weighted by molar-refractivity contribution is 0.0477. The van der Waals surface area contributed by atoms with Crippen LogP contribution in [0.15, 0.2) is 45.8 Å². The molecule has 1 aromatic carbocycles. The van der Waals surface area contributed by atoms with Gasteiger partial charge in [-0.15, -0.1) is 0 Å². The maximum absolute atomic E-state index is 6.70. The number of hydrogen-bond acceptors (Lipinski definition) is 6. The first-order valence-electron chi connectivity index (χ1n) is 7.92. The average molecular weight is 391 g/mol. The number of ether oxygens (including phenoxy) is 1. The molecule has 0 saturated carbocycles. The van der Waals surface area contributed by atoms with Crippen LogP contribution in [0.3, 0.4) is 0 Å². The van der Waals surface area contributed by atoms with Gasteiger partial charge in [-0.2, -0.15) is 9.78 Å². The van der Waals surface area contributed by atoms with Crippen molar-refractivity contribution in [2.24, 2.45) is 22.4 Å². The lowest BCUT2D eigenvalue weighted by Gasteiger charge is -2.39. The van der Waals surface area contributed by atoms with Crippen LogP contribution in [0.4, 0.5) is 0 Å². The van der Waals surface area contributed by atoms with Crippen molar-refractivity contribution in [2.45, 2.75) is 18.5 Å². The summed E-state index contributed by atoms with van der Waals surface area (Å²) < 4.78 is 7.88. The number of hydrogen-bond donors (Lipinski definition) is 3. The summed E-state index contributed by atoms with van der Waals surface area (Å²) in [6, 6.07) is 7.94. The van der Waals surface area contributed by atoms with E-state index < -0.39 is 5.66 Å². The first kappa shape index (κ1) is 15.6. The van der Waals surface area contributed by atoms with Crippen molar-refractivity contribution in [3.05, 3.63) is 40.8 Å². The number of aliphatic imine (C=N–C) groups is 1. The first-order valence-corrected chi connectivity index (χ1v) is 8.71. The molecule has 2 aliphatic rings. The van der Waals surface area contributed by atoms with Gasteiger partial charge in [0.2, 0.25) is 5.96 Å². The third kappa shape index (κ3) is 2.42. The van der Waals surface area contributed by atoms with Gasteiger partial charge in [0.1, 0.15) is 5.82 Å². The van der Waals surface area contributed by atoms with E-state index in [-0.39, 0.29) is 5.92 Å². The Morgan fingerprint density at radius 1 is 1.29 bits per heavy atom. The molecule has 0 spiro atoms. The van der Waals surface area contributed by atoms with E-state index in [0.717, 1.165) is 23.7 Å². The molecule has 0 bridgehead atoms. The van der Waals surface area contributed by atoms with Gasteiger partial charge in [0.15, 0.2) is 5.66 Å². The van der Waals surface area contributed by atoms with Gasteiger partial charge in [-0.25, -0.2) is 4.99 Å². The minimum absolute atomic E-state index is 0.151. The summed E-state index contributed by atoms with van der Waals surface area (Å²) in [5.41, 5.74) is 12.9. The standard InChI is InChI=1S/C16H19BrN6O/c17-13-14(18)21-15(22-16(13,19)11-5-7-24-8-6-11)23-12-4-2-1-3-10(12)9-20-23/h1-4,9,11H,5-8,18-19H2,(H,21,22). The molecule has 1 saturated heterocycles. The zero-order chi connectivity index (χ0) is 16.7. The van der Waals surface area contributed by atoms with Crippen LogP contribution in [-0.2, 0) is 4.74 Å². The van der Waals surface area contributed by atoms with Crippen LogP contribution in [0.25, 0.3) is 10.9 Å². The average Bonchev–Trinajstić information content (AvgIpc) is 3.04. The van der Waals surface area contributed by atoms with Crippen molar-refractivity contribution in [1.29, 1.82) is 0 Å². The van der Waals surface area contributed by atoms with E-state index in [9.17, 15) is 0 Å². The van der Waals surface area contributed by atoms with Gasteiger partial charge in [0.25, 0.3) is 0 Å². The monoisotopic (exact) mass is 390 g/mol. The topological polar surface area (TPSA) is 103 Å². The second-order valence-corrected chi connectivity index (χ2v) is 6.91. The zero-order valence-corrected chi connectivity index (χ0v) is 14.7. The van der Waals surface area contributed by atoms with Gasteiger partial charge in [-0.1, -0.05) is 18.2 Å². The Labute approximate surface area is 147 Å². The number of nitrogens with two attached hydrogens (primary N) is 2. The normalized spacial score (nSPS) is 25.7. The van der Waals surface area contributed by atoms with Crippen molar-refractivity contribution in [3.63, 3.8) is 0 Å². The Balaban J connectivity index is 1.80. The van der Waals surface area contributed by atoms with Gasteiger partial charge < -0.3 is 21.5 Å². The molecule has 2 aromatic rings. The van der Waals surface area contributed by atoms with Gasteiger partial charge in [0, 0.05) is 24.5 Å². The lowest BCUT2D eigenvalue weighted by Crippen LogP contribution is -2.55. The van der Waals surface area contributed by atoms with Crippen molar-refractivity contribution in [2.75, 3.05) is 13.2 Å². The van der Waals surface area contributed by atoms with Gasteiger partial charge >= 0.3 is 0 Å². The number of fused-ring (bicyclic) bond motifs is 1. The molecule has 24 heavy (non-hydrogen) atoms. The number of aromatic nitrogens is 2. The summed E-state index contributed by atoms with van der Waals surface area (Å²) in [5, 5.41) is 8.57. The maximum atomic E-state index is 6.70. The Morgan fingerprint density at radius 2 is 2.04 bits per heavy atom. The van der Waals surface area contributed by atoms with Gasteiger partial charge in [-0.3, -0.25) is 0 Å². The molecule has 5 N–H and O–H groups in total. The Morgan fingerprint density at radius 3 is 2.83 bits per heavy atom. The second kappa shape index (κ2) is 5.87. The van der Waals surface area contributed by atoms with Crippen molar-refractivity contribution in [3.8, 4) is 0 Å². The summed E-state index contributed by atoms with van der Waals surface area (Å²) >= 11 is 3.54. The molecule has 0 amide bonds. The highest BCUT2D eigenvalue weighted by Crippen LogP contribution is 2.38. The fourth-order valence-electron chi connectivity index (χ4n) is 3.29. The molecular formula is C16H19BrN6O. The molecule has 0 radical (unpaired) electrons. The van der Waals surface area contributed by atoms with Crippen molar-refractivity contribution < 1.29 is 4.74 Å². The third-order valence-corrected chi connectivity index (χ3v) is 5.71. The van der Waals surface area contributed by atoms with Crippen LogP contribution in [0, 0.1) is 5.92 Å². The fourth-order valence-corrected chi connectivity index (χ4v) is 3.80. The number of rotatable bonds is 1. The summed E-state index contributed by atoms with van der Waals surface area (Å²) in [5.74, 6) is 1.15. The number of nitrogens with one attached hydrogen (secondary N) is 1. The van der Waals surface area contributed by atoms with E-state index >= 15 is 0 Å². The molecule has 1 aromatic heterocycles. The Bertz CT molecular complexity index is 838. The van der Waals surface area contributed by atoms with Crippen LogP contribution in [0.1, 0.15) is 12.8 Å². The molecule has 0 aliphatic carbocycles. The number of halogens is 1. The Kier molecular flexibility index (Phi) is 3.82. The van der Waals surface area contributed by atoms with Gasteiger partial charge in [0.05, 0.1) is 16.2 Å². The largest absolute Gasteiger partial charge is 0.384 e. The van der Waals surface area contributed by atoms with Crippen molar-refractivity contribution >= 4 is 32.8 Å². The summed E-state index contributed by atoms with van der Waals surface area (Å²) in [6.45, 7) is 1.37. The summed E-state index contributed by atoms with van der Waals surface area (Å²) in [4.78, 5) is 4.80. The maximum Gasteiger partial charge on any atom is 0.227 e. The highest BCUT2D eigenvalue weighted by Gasteiger charge is 2.43. The molecule has 4 rings (SSSR count). The second-order valence-electron chi connectivity index (χ2n) is 6.12. The lowest BCUT2D eigenvalue weighted by atomic mass is 9.86. The molecule has 3 heterocycles. The predicted octanol–water partition coefficient (Wildman–Crippen LogP) is 1.45. The molecule has 8 heteroatoms. The Hall–Kier alpha value is -1.90. The molecule has 7 nitrogen and oxygen atoms in total. The third-order valence-electron chi connectivity index (χ3n) is 4.65. The van der Waals surface area contributed by atoms with Crippen LogP contribution in [0.2, 0.25) is 0 Å². The number of benzene rings is 1. The van der Waals surface area contributed by atoms with Crippen LogP contribution in [0.5, 0.6) is 0 Å².